The summed E-state index contributed by atoms with van der Waals surface area (Å²) in [7, 11) is 0. The lowest BCUT2D eigenvalue weighted by molar-refractivity contribution is -0.384. The van der Waals surface area contributed by atoms with E-state index in [2.05, 4.69) is 17.5 Å². The largest absolute Gasteiger partial charge is 0.312 e. The molecule has 0 radical (unpaired) electrons. The summed E-state index contributed by atoms with van der Waals surface area (Å²) in [5.41, 5.74) is 4.81. The van der Waals surface area contributed by atoms with E-state index in [0.29, 0.717) is 12.1 Å². The molecular formula is C20H20N4O4. The van der Waals surface area contributed by atoms with Gasteiger partial charge in [0, 0.05) is 36.3 Å². The van der Waals surface area contributed by atoms with Crippen LogP contribution in [0, 0.1) is 16.0 Å². The molecular weight excluding hydrogens is 360 g/mol. The van der Waals surface area contributed by atoms with Crippen molar-refractivity contribution >= 4 is 29.4 Å². The fourth-order valence-corrected chi connectivity index (χ4v) is 3.02. The minimum absolute atomic E-state index is 0.0543. The van der Waals surface area contributed by atoms with Gasteiger partial charge in [-0.05, 0) is 24.1 Å². The van der Waals surface area contributed by atoms with Crippen LogP contribution in [0.1, 0.15) is 24.5 Å². The smallest absolute Gasteiger partial charge is 0.270 e. The molecule has 1 saturated heterocycles. The van der Waals surface area contributed by atoms with Gasteiger partial charge >= 0.3 is 0 Å². The van der Waals surface area contributed by atoms with Crippen molar-refractivity contribution in [3.05, 3.63) is 69.8 Å². The Morgan fingerprint density at radius 3 is 2.75 bits per heavy atom. The summed E-state index contributed by atoms with van der Waals surface area (Å²) in [6.45, 7) is 2.35. The van der Waals surface area contributed by atoms with Crippen LogP contribution in [0.15, 0.2) is 53.6 Å². The Kier molecular flexibility index (Phi) is 5.78. The number of nitro groups is 1. The highest BCUT2D eigenvalue weighted by Gasteiger charge is 2.35. The number of nitro benzene ring substituents is 1. The first kappa shape index (κ1) is 19.2. The average Bonchev–Trinajstić information content (AvgIpc) is 3.10. The second-order valence-corrected chi connectivity index (χ2v) is 6.51. The molecule has 0 spiro atoms. The Morgan fingerprint density at radius 2 is 2.07 bits per heavy atom. The molecule has 0 aliphatic carbocycles. The van der Waals surface area contributed by atoms with Crippen molar-refractivity contribution in [3.63, 3.8) is 0 Å². The Hall–Kier alpha value is -3.55. The van der Waals surface area contributed by atoms with Crippen LogP contribution >= 0.6 is 0 Å². The van der Waals surface area contributed by atoms with Crippen molar-refractivity contribution in [2.75, 3.05) is 11.4 Å². The van der Waals surface area contributed by atoms with Crippen LogP contribution in [0.2, 0.25) is 0 Å². The normalized spacial score (nSPS) is 16.5. The molecule has 8 heteroatoms. The minimum atomic E-state index is -0.499. The van der Waals surface area contributed by atoms with Crippen molar-refractivity contribution in [1.82, 2.24) is 5.43 Å². The molecule has 1 unspecified atom stereocenters. The SMILES string of the molecule is CCc1ccc(N2CC(C(=O)NN=Cc3cccc([N+](=O)[O-])c3)CC2=O)cc1. The molecule has 1 aliphatic rings. The summed E-state index contributed by atoms with van der Waals surface area (Å²) in [6, 6.07) is 13.6. The zero-order valence-corrected chi connectivity index (χ0v) is 15.4. The number of nitrogens with one attached hydrogen (secondary N) is 1. The molecule has 2 aromatic carbocycles. The van der Waals surface area contributed by atoms with E-state index >= 15 is 0 Å². The van der Waals surface area contributed by atoms with E-state index in [9.17, 15) is 19.7 Å². The number of anilines is 1. The molecule has 2 amide bonds. The molecule has 144 valence electrons. The Bertz CT molecular complexity index is 924. The fourth-order valence-electron chi connectivity index (χ4n) is 3.02. The van der Waals surface area contributed by atoms with E-state index in [0.717, 1.165) is 12.1 Å². The maximum atomic E-state index is 12.3. The van der Waals surface area contributed by atoms with E-state index < -0.39 is 10.8 Å². The summed E-state index contributed by atoms with van der Waals surface area (Å²) >= 11 is 0. The minimum Gasteiger partial charge on any atom is -0.312 e. The van der Waals surface area contributed by atoms with Gasteiger partial charge in [0.15, 0.2) is 0 Å². The zero-order valence-electron chi connectivity index (χ0n) is 15.4. The predicted octanol–water partition coefficient (Wildman–Crippen LogP) is 2.66. The van der Waals surface area contributed by atoms with Crippen LogP contribution in [-0.4, -0.2) is 29.5 Å². The number of carbonyl (C=O) groups is 2. The van der Waals surface area contributed by atoms with E-state index in [1.807, 2.05) is 24.3 Å². The van der Waals surface area contributed by atoms with Gasteiger partial charge in [0.25, 0.3) is 5.69 Å². The third-order valence-corrected chi connectivity index (χ3v) is 4.62. The first-order chi connectivity index (χ1) is 13.5. The predicted molar refractivity (Wildman–Crippen MR) is 105 cm³/mol. The van der Waals surface area contributed by atoms with Gasteiger partial charge in [-0.2, -0.15) is 5.10 Å². The number of hydrogen-bond donors (Lipinski definition) is 1. The van der Waals surface area contributed by atoms with Crippen molar-refractivity contribution < 1.29 is 14.5 Å². The summed E-state index contributed by atoms with van der Waals surface area (Å²) in [5, 5.41) is 14.6. The number of carbonyl (C=O) groups excluding carboxylic acids is 2. The van der Waals surface area contributed by atoms with Crippen molar-refractivity contribution in [2.24, 2.45) is 11.0 Å². The van der Waals surface area contributed by atoms with Gasteiger partial charge in [0.2, 0.25) is 11.8 Å². The zero-order chi connectivity index (χ0) is 20.1. The molecule has 0 bridgehead atoms. The number of aryl methyl sites for hydroxylation is 1. The van der Waals surface area contributed by atoms with Gasteiger partial charge in [-0.25, -0.2) is 5.43 Å². The number of benzene rings is 2. The lowest BCUT2D eigenvalue weighted by Gasteiger charge is -2.16. The first-order valence-electron chi connectivity index (χ1n) is 8.94. The second-order valence-electron chi connectivity index (χ2n) is 6.51. The van der Waals surface area contributed by atoms with Crippen LogP contribution in [-0.2, 0) is 16.0 Å². The molecule has 1 aliphatic heterocycles. The van der Waals surface area contributed by atoms with Crippen LogP contribution in [0.5, 0.6) is 0 Å². The van der Waals surface area contributed by atoms with Crippen molar-refractivity contribution in [2.45, 2.75) is 19.8 Å². The average molecular weight is 380 g/mol. The van der Waals surface area contributed by atoms with E-state index in [1.165, 1.54) is 23.9 Å². The maximum absolute atomic E-state index is 12.3. The van der Waals surface area contributed by atoms with Gasteiger partial charge < -0.3 is 4.90 Å². The number of amides is 2. The number of hydrogen-bond acceptors (Lipinski definition) is 5. The number of hydrazone groups is 1. The van der Waals surface area contributed by atoms with Crippen molar-refractivity contribution in [3.8, 4) is 0 Å². The molecule has 0 saturated carbocycles. The summed E-state index contributed by atoms with van der Waals surface area (Å²) in [4.78, 5) is 36.5. The third kappa shape index (κ3) is 4.40. The quantitative estimate of drug-likeness (QED) is 0.472. The van der Waals surface area contributed by atoms with Crippen LogP contribution in [0.4, 0.5) is 11.4 Å². The molecule has 2 aromatic rings. The molecule has 1 atom stereocenters. The molecule has 1 heterocycles. The Morgan fingerprint density at radius 1 is 1.32 bits per heavy atom. The standard InChI is InChI=1S/C20H20N4O4/c1-2-14-6-8-17(9-7-14)23-13-16(11-19(23)25)20(26)22-21-12-15-4-3-5-18(10-15)24(27)28/h3-10,12,16H,2,11,13H2,1H3,(H,22,26). The van der Waals surface area contributed by atoms with Gasteiger partial charge in [0.1, 0.15) is 0 Å². The molecule has 3 rings (SSSR count). The lowest BCUT2D eigenvalue weighted by atomic mass is 10.1. The number of nitrogens with zero attached hydrogens (tertiary/aromatic N) is 3. The lowest BCUT2D eigenvalue weighted by Crippen LogP contribution is -2.30. The van der Waals surface area contributed by atoms with Crippen LogP contribution in [0.3, 0.4) is 0 Å². The molecule has 28 heavy (non-hydrogen) atoms. The Balaban J connectivity index is 1.60. The van der Waals surface area contributed by atoms with Gasteiger partial charge in [-0.1, -0.05) is 31.2 Å². The molecule has 0 aromatic heterocycles. The van der Waals surface area contributed by atoms with E-state index in [-0.39, 0.29) is 23.9 Å². The third-order valence-electron chi connectivity index (χ3n) is 4.62. The summed E-state index contributed by atoms with van der Waals surface area (Å²) in [6.07, 6.45) is 2.37. The molecule has 1 fully saturated rings. The van der Waals surface area contributed by atoms with Gasteiger partial charge in [-0.15, -0.1) is 0 Å². The topological polar surface area (TPSA) is 105 Å². The van der Waals surface area contributed by atoms with Gasteiger partial charge in [-0.3, -0.25) is 19.7 Å². The monoisotopic (exact) mass is 380 g/mol. The summed E-state index contributed by atoms with van der Waals surface area (Å²) < 4.78 is 0. The maximum Gasteiger partial charge on any atom is 0.270 e. The number of non-ortho nitro benzene ring substituents is 1. The Labute approximate surface area is 162 Å². The highest BCUT2D eigenvalue weighted by atomic mass is 16.6. The van der Waals surface area contributed by atoms with Crippen LogP contribution < -0.4 is 10.3 Å². The molecule has 1 N–H and O–H groups in total. The number of rotatable bonds is 6. The van der Waals surface area contributed by atoms with Crippen molar-refractivity contribution in [1.29, 1.82) is 0 Å². The highest BCUT2D eigenvalue weighted by molar-refractivity contribution is 6.00. The molecule has 8 nitrogen and oxygen atoms in total. The van der Waals surface area contributed by atoms with Crippen LogP contribution in [0.25, 0.3) is 0 Å². The summed E-state index contributed by atoms with van der Waals surface area (Å²) in [5.74, 6) is -0.963. The van der Waals surface area contributed by atoms with E-state index in [4.69, 9.17) is 0 Å². The second kappa shape index (κ2) is 8.43. The first-order valence-corrected chi connectivity index (χ1v) is 8.94. The highest BCUT2D eigenvalue weighted by Crippen LogP contribution is 2.25. The van der Waals surface area contributed by atoms with Gasteiger partial charge in [0.05, 0.1) is 17.1 Å². The fraction of sp³-hybridized carbons (Fsp3) is 0.250. The van der Waals surface area contributed by atoms with E-state index in [1.54, 1.807) is 17.0 Å².